The Labute approximate surface area is 216 Å². The molecule has 1 aromatic heterocycles. The minimum atomic E-state index is -0.532. The average Bonchev–Trinajstić information content (AvgIpc) is 3.52. The molecule has 2 aliphatic heterocycles. The van der Waals surface area contributed by atoms with E-state index < -0.39 is 6.04 Å². The Balaban J connectivity index is 1.76. The number of nitrogens with one attached hydrogen (secondary N) is 2. The van der Waals surface area contributed by atoms with Gasteiger partial charge in [0.15, 0.2) is 0 Å². The standard InChI is InChI=1S/C27H32N6O4/c1-6-23(34)32-10-9-18(15-32)33-25-21(27(35)30-16(2)3)14-29-26(28)24(25)22(31-33)8-7-17-11-19(36-4)13-20(12-17)37-5/h6,11-14,16,18,22,31H,1,9-10,15H2,2-5H3,(H2,28,29)(H,30,35)/t18?,22-/m0/s1. The molecule has 0 bridgehead atoms. The van der Waals surface area contributed by atoms with Crippen molar-refractivity contribution in [2.75, 3.05) is 38.1 Å². The van der Waals surface area contributed by atoms with Crippen LogP contribution in [0.5, 0.6) is 11.5 Å². The normalized spacial score (nSPS) is 18.2. The Bertz CT molecular complexity index is 1260. The summed E-state index contributed by atoms with van der Waals surface area (Å²) < 4.78 is 10.7. The summed E-state index contributed by atoms with van der Waals surface area (Å²) in [5.74, 6) is 7.56. The van der Waals surface area contributed by atoms with Crippen molar-refractivity contribution in [3.05, 3.63) is 53.7 Å². The molecule has 3 heterocycles. The highest BCUT2D eigenvalue weighted by Gasteiger charge is 2.40. The third-order valence-corrected chi connectivity index (χ3v) is 6.31. The molecule has 0 spiro atoms. The summed E-state index contributed by atoms with van der Waals surface area (Å²) >= 11 is 0. The molecular weight excluding hydrogens is 472 g/mol. The maximum absolute atomic E-state index is 13.1. The number of nitrogens with two attached hydrogens (primary N) is 1. The van der Waals surface area contributed by atoms with Gasteiger partial charge in [-0.1, -0.05) is 18.4 Å². The summed E-state index contributed by atoms with van der Waals surface area (Å²) in [5.41, 5.74) is 12.1. The number of hydrazine groups is 1. The molecule has 0 saturated carbocycles. The number of hydrogen-bond donors (Lipinski definition) is 3. The van der Waals surface area contributed by atoms with Crippen LogP contribution in [0.1, 0.15) is 47.8 Å². The maximum atomic E-state index is 13.1. The van der Waals surface area contributed by atoms with Crippen LogP contribution < -0.4 is 31.0 Å². The van der Waals surface area contributed by atoms with Crippen LogP contribution in [-0.2, 0) is 4.79 Å². The van der Waals surface area contributed by atoms with Crippen molar-refractivity contribution in [1.82, 2.24) is 20.6 Å². The van der Waals surface area contributed by atoms with Crippen LogP contribution in [-0.4, -0.2) is 61.1 Å². The fourth-order valence-electron chi connectivity index (χ4n) is 4.56. The highest BCUT2D eigenvalue weighted by atomic mass is 16.5. The Kier molecular flexibility index (Phi) is 7.55. The van der Waals surface area contributed by atoms with E-state index in [4.69, 9.17) is 15.2 Å². The first kappa shape index (κ1) is 25.9. The van der Waals surface area contributed by atoms with Crippen LogP contribution in [0.3, 0.4) is 0 Å². The first-order valence-corrected chi connectivity index (χ1v) is 12.1. The van der Waals surface area contributed by atoms with Gasteiger partial charge < -0.3 is 30.4 Å². The summed E-state index contributed by atoms with van der Waals surface area (Å²) in [6.07, 6.45) is 3.51. The molecule has 4 rings (SSSR count). The van der Waals surface area contributed by atoms with E-state index in [2.05, 4.69) is 34.1 Å². The summed E-state index contributed by atoms with van der Waals surface area (Å²) in [6.45, 7) is 8.43. The fourth-order valence-corrected chi connectivity index (χ4v) is 4.56. The molecule has 1 fully saturated rings. The molecule has 2 atom stereocenters. The third-order valence-electron chi connectivity index (χ3n) is 6.31. The van der Waals surface area contributed by atoms with Crippen molar-refractivity contribution in [3.8, 4) is 23.3 Å². The van der Waals surface area contributed by atoms with Gasteiger partial charge in [-0.2, -0.15) is 0 Å². The number of amides is 2. The first-order chi connectivity index (χ1) is 17.7. The van der Waals surface area contributed by atoms with Gasteiger partial charge in [0.2, 0.25) is 5.91 Å². The second-order valence-corrected chi connectivity index (χ2v) is 9.18. The molecule has 2 aromatic rings. The number of carbonyl (C=O) groups is 2. The van der Waals surface area contributed by atoms with Crippen molar-refractivity contribution in [2.45, 2.75) is 38.4 Å². The highest BCUT2D eigenvalue weighted by Crippen LogP contribution is 2.41. The quantitative estimate of drug-likeness (QED) is 0.404. The van der Waals surface area contributed by atoms with Crippen LogP contribution in [0.15, 0.2) is 37.1 Å². The van der Waals surface area contributed by atoms with E-state index in [0.29, 0.717) is 53.4 Å². The van der Waals surface area contributed by atoms with Crippen LogP contribution in [0.4, 0.5) is 11.5 Å². The van der Waals surface area contributed by atoms with E-state index in [0.717, 1.165) is 0 Å². The van der Waals surface area contributed by atoms with Crippen molar-refractivity contribution in [3.63, 3.8) is 0 Å². The lowest BCUT2D eigenvalue weighted by Gasteiger charge is -2.28. The summed E-state index contributed by atoms with van der Waals surface area (Å²) in [5, 5.41) is 4.86. The Morgan fingerprint density at radius 2 is 1.97 bits per heavy atom. The smallest absolute Gasteiger partial charge is 0.255 e. The first-order valence-electron chi connectivity index (χ1n) is 12.1. The predicted octanol–water partition coefficient (Wildman–Crippen LogP) is 2.02. The second-order valence-electron chi connectivity index (χ2n) is 9.18. The van der Waals surface area contributed by atoms with Gasteiger partial charge in [0.25, 0.3) is 5.91 Å². The molecular formula is C27H32N6O4. The van der Waals surface area contributed by atoms with E-state index >= 15 is 0 Å². The molecule has 1 saturated heterocycles. The number of benzene rings is 1. The SMILES string of the molecule is C=CC(=O)N1CCC(N2N[C@@H](C#Cc3cc(OC)cc(OC)c3)c3c(N)ncc(C(=O)NC(C)C)c32)C1. The second kappa shape index (κ2) is 10.8. The average molecular weight is 505 g/mol. The van der Waals surface area contributed by atoms with Crippen molar-refractivity contribution in [2.24, 2.45) is 0 Å². The Hall–Kier alpha value is -4.23. The lowest BCUT2D eigenvalue weighted by atomic mass is 10.0. The minimum absolute atomic E-state index is 0.0608. The van der Waals surface area contributed by atoms with E-state index in [9.17, 15) is 9.59 Å². The lowest BCUT2D eigenvalue weighted by molar-refractivity contribution is -0.125. The van der Waals surface area contributed by atoms with E-state index in [-0.39, 0.29) is 29.7 Å². The molecule has 2 amide bonds. The van der Waals surface area contributed by atoms with Crippen LogP contribution in [0.25, 0.3) is 0 Å². The van der Waals surface area contributed by atoms with Crippen molar-refractivity contribution in [1.29, 1.82) is 0 Å². The van der Waals surface area contributed by atoms with Crippen LogP contribution >= 0.6 is 0 Å². The van der Waals surface area contributed by atoms with Gasteiger partial charge >= 0.3 is 0 Å². The van der Waals surface area contributed by atoms with Gasteiger partial charge in [-0.25, -0.2) is 10.4 Å². The van der Waals surface area contributed by atoms with Gasteiger partial charge in [-0.3, -0.25) is 9.59 Å². The Morgan fingerprint density at radius 1 is 1.27 bits per heavy atom. The number of aromatic nitrogens is 1. The molecule has 37 heavy (non-hydrogen) atoms. The molecule has 0 radical (unpaired) electrons. The lowest BCUT2D eigenvalue weighted by Crippen LogP contribution is -2.45. The van der Waals surface area contributed by atoms with Gasteiger partial charge in [0.05, 0.1) is 37.1 Å². The van der Waals surface area contributed by atoms with Crippen LogP contribution in [0, 0.1) is 11.8 Å². The zero-order valence-corrected chi connectivity index (χ0v) is 21.5. The number of anilines is 2. The number of hydrogen-bond acceptors (Lipinski definition) is 8. The number of nitrogens with zero attached hydrogens (tertiary/aromatic N) is 3. The Morgan fingerprint density at radius 3 is 2.59 bits per heavy atom. The fraction of sp³-hybridized carbons (Fsp3) is 0.370. The molecule has 1 aromatic carbocycles. The molecule has 1 unspecified atom stereocenters. The number of fused-ring (bicyclic) bond motifs is 1. The number of rotatable bonds is 6. The summed E-state index contributed by atoms with van der Waals surface area (Å²) in [4.78, 5) is 31.4. The summed E-state index contributed by atoms with van der Waals surface area (Å²) in [7, 11) is 3.16. The number of likely N-dealkylation sites (tertiary alicyclic amines) is 1. The van der Waals surface area contributed by atoms with E-state index in [1.807, 2.05) is 31.0 Å². The van der Waals surface area contributed by atoms with E-state index in [1.165, 1.54) is 12.3 Å². The van der Waals surface area contributed by atoms with Crippen molar-refractivity contribution >= 4 is 23.3 Å². The number of nitrogen functional groups attached to an aromatic ring is 1. The summed E-state index contributed by atoms with van der Waals surface area (Å²) in [6, 6.07) is 4.71. The number of pyridine rings is 1. The number of carbonyl (C=O) groups excluding carboxylic acids is 2. The highest BCUT2D eigenvalue weighted by molar-refractivity contribution is 6.01. The number of methoxy groups -OCH3 is 2. The van der Waals surface area contributed by atoms with Gasteiger partial charge in [-0.15, -0.1) is 0 Å². The monoisotopic (exact) mass is 504 g/mol. The minimum Gasteiger partial charge on any atom is -0.497 e. The van der Waals surface area contributed by atoms with Gasteiger partial charge in [0.1, 0.15) is 23.4 Å². The van der Waals surface area contributed by atoms with Crippen LogP contribution in [0.2, 0.25) is 0 Å². The molecule has 194 valence electrons. The molecule has 0 aliphatic carbocycles. The van der Waals surface area contributed by atoms with Crippen molar-refractivity contribution < 1.29 is 19.1 Å². The topological polar surface area (TPSA) is 122 Å². The zero-order chi connectivity index (χ0) is 26.7. The molecule has 10 nitrogen and oxygen atoms in total. The predicted molar refractivity (Wildman–Crippen MR) is 141 cm³/mol. The number of ether oxygens (including phenoxy) is 2. The largest absolute Gasteiger partial charge is 0.497 e. The van der Waals surface area contributed by atoms with Gasteiger partial charge in [-0.05, 0) is 38.5 Å². The molecule has 10 heteroatoms. The maximum Gasteiger partial charge on any atom is 0.255 e. The zero-order valence-electron chi connectivity index (χ0n) is 21.5. The molecule has 2 aliphatic rings. The third kappa shape index (κ3) is 5.32. The van der Waals surface area contributed by atoms with E-state index in [1.54, 1.807) is 25.2 Å². The molecule has 4 N–H and O–H groups in total. The van der Waals surface area contributed by atoms with Gasteiger partial charge in [0, 0.05) is 37.0 Å².